The molecule has 0 aromatic carbocycles. The molecule has 0 saturated carbocycles. The van der Waals surface area contributed by atoms with Crippen LogP contribution in [0.15, 0.2) is 11.6 Å². The Morgan fingerprint density at radius 2 is 2.00 bits per heavy atom. The Labute approximate surface area is 145 Å². The standard InChI is InChI=1S/C14H17N5S2.C2H6/c1-8-10(3-4-15)21-13-12(8)18-9(2)19-14(13)17-7-11-16-5-6-20-11;1-2/h5-6H,3-4,7,15H2,1-2H3,(H,17,18,19);1-2H3. The summed E-state index contributed by atoms with van der Waals surface area (Å²) in [7, 11) is 0. The maximum absolute atomic E-state index is 5.69. The van der Waals surface area contributed by atoms with E-state index in [9.17, 15) is 0 Å². The zero-order valence-corrected chi connectivity index (χ0v) is 15.6. The van der Waals surface area contributed by atoms with Crippen molar-refractivity contribution < 1.29 is 0 Å². The normalized spacial score (nSPS) is 10.5. The summed E-state index contributed by atoms with van der Waals surface area (Å²) in [5.74, 6) is 1.67. The molecule has 3 aromatic heterocycles. The maximum atomic E-state index is 5.69. The lowest BCUT2D eigenvalue weighted by molar-refractivity contribution is 0.980. The third-order valence-corrected chi connectivity index (χ3v) is 5.37. The minimum absolute atomic E-state index is 0.655. The van der Waals surface area contributed by atoms with E-state index in [2.05, 4.69) is 27.2 Å². The molecule has 3 N–H and O–H groups in total. The number of thiazole rings is 1. The van der Waals surface area contributed by atoms with Crippen LogP contribution in [0.1, 0.15) is 35.1 Å². The van der Waals surface area contributed by atoms with Crippen molar-refractivity contribution in [2.24, 2.45) is 5.73 Å². The second kappa shape index (κ2) is 8.33. The largest absolute Gasteiger partial charge is 0.362 e. The van der Waals surface area contributed by atoms with Gasteiger partial charge >= 0.3 is 0 Å². The summed E-state index contributed by atoms with van der Waals surface area (Å²) < 4.78 is 1.11. The third kappa shape index (κ3) is 4.04. The van der Waals surface area contributed by atoms with E-state index in [0.29, 0.717) is 13.1 Å². The van der Waals surface area contributed by atoms with E-state index < -0.39 is 0 Å². The first-order valence-electron chi connectivity index (χ1n) is 7.78. The molecule has 0 atom stereocenters. The van der Waals surface area contributed by atoms with Crippen molar-refractivity contribution >= 4 is 38.7 Å². The number of nitrogens with zero attached hydrogens (tertiary/aromatic N) is 3. The highest BCUT2D eigenvalue weighted by Crippen LogP contribution is 2.34. The van der Waals surface area contributed by atoms with E-state index >= 15 is 0 Å². The van der Waals surface area contributed by atoms with E-state index in [1.54, 1.807) is 22.7 Å². The molecule has 0 fully saturated rings. The van der Waals surface area contributed by atoms with Gasteiger partial charge in [0.15, 0.2) is 0 Å². The zero-order valence-electron chi connectivity index (χ0n) is 14.0. The molecular weight excluding hydrogens is 326 g/mol. The SMILES string of the molecule is CC.Cc1nc(NCc2nccs2)c2sc(CCN)c(C)c2n1. The summed E-state index contributed by atoms with van der Waals surface area (Å²) in [5.41, 5.74) is 7.95. The van der Waals surface area contributed by atoms with Gasteiger partial charge in [-0.3, -0.25) is 0 Å². The van der Waals surface area contributed by atoms with Crippen LogP contribution >= 0.6 is 22.7 Å². The zero-order chi connectivity index (χ0) is 16.8. The van der Waals surface area contributed by atoms with Crippen molar-refractivity contribution in [2.45, 2.75) is 40.7 Å². The van der Waals surface area contributed by atoms with Crippen LogP contribution in [0.4, 0.5) is 5.82 Å². The summed E-state index contributed by atoms with van der Waals surface area (Å²) in [6.07, 6.45) is 2.70. The summed E-state index contributed by atoms with van der Waals surface area (Å²) >= 11 is 3.37. The van der Waals surface area contributed by atoms with Crippen molar-refractivity contribution in [3.8, 4) is 0 Å². The van der Waals surface area contributed by atoms with Gasteiger partial charge in [0.2, 0.25) is 0 Å². The van der Waals surface area contributed by atoms with Gasteiger partial charge in [-0.15, -0.1) is 22.7 Å². The van der Waals surface area contributed by atoms with Crippen molar-refractivity contribution in [1.82, 2.24) is 15.0 Å². The summed E-state index contributed by atoms with van der Waals surface area (Å²) in [6.45, 7) is 9.38. The van der Waals surface area contributed by atoms with Gasteiger partial charge in [-0.2, -0.15) is 0 Å². The van der Waals surface area contributed by atoms with Crippen LogP contribution in [-0.2, 0) is 13.0 Å². The maximum Gasteiger partial charge on any atom is 0.148 e. The molecule has 0 amide bonds. The first kappa shape index (κ1) is 17.8. The van der Waals surface area contributed by atoms with E-state index in [1.807, 2.05) is 32.3 Å². The van der Waals surface area contributed by atoms with Crippen LogP contribution in [-0.4, -0.2) is 21.5 Å². The number of nitrogens with one attached hydrogen (secondary N) is 1. The smallest absolute Gasteiger partial charge is 0.148 e. The molecule has 3 aromatic rings. The average Bonchev–Trinajstić information content (AvgIpc) is 3.18. The second-order valence-corrected chi connectivity index (χ2v) is 6.85. The first-order valence-corrected chi connectivity index (χ1v) is 9.47. The minimum atomic E-state index is 0.655. The summed E-state index contributed by atoms with van der Waals surface area (Å²) in [4.78, 5) is 14.7. The van der Waals surface area contributed by atoms with Gasteiger partial charge in [-0.1, -0.05) is 13.8 Å². The Balaban J connectivity index is 0.000000924. The molecule has 0 unspecified atom stereocenters. The van der Waals surface area contributed by atoms with Gasteiger partial charge in [-0.25, -0.2) is 15.0 Å². The van der Waals surface area contributed by atoms with E-state index in [-0.39, 0.29) is 0 Å². The molecule has 7 heteroatoms. The first-order chi connectivity index (χ1) is 11.2. The van der Waals surface area contributed by atoms with Gasteiger partial charge in [0.1, 0.15) is 16.6 Å². The number of aryl methyl sites for hydroxylation is 2. The Morgan fingerprint density at radius 1 is 1.22 bits per heavy atom. The molecule has 3 rings (SSSR count). The highest BCUT2D eigenvalue weighted by Gasteiger charge is 2.14. The van der Waals surface area contributed by atoms with E-state index in [4.69, 9.17) is 5.73 Å². The van der Waals surface area contributed by atoms with Crippen LogP contribution in [0, 0.1) is 13.8 Å². The second-order valence-electron chi connectivity index (χ2n) is 4.77. The fourth-order valence-corrected chi connectivity index (χ4v) is 4.02. The van der Waals surface area contributed by atoms with Gasteiger partial charge in [0.25, 0.3) is 0 Å². The van der Waals surface area contributed by atoms with Crippen molar-refractivity contribution in [2.75, 3.05) is 11.9 Å². The Hall–Kier alpha value is -1.57. The van der Waals surface area contributed by atoms with Gasteiger partial charge in [-0.05, 0) is 32.4 Å². The van der Waals surface area contributed by atoms with Crippen LogP contribution in [0.5, 0.6) is 0 Å². The number of rotatable bonds is 5. The van der Waals surface area contributed by atoms with Crippen LogP contribution < -0.4 is 11.1 Å². The molecule has 0 saturated heterocycles. The van der Waals surface area contributed by atoms with Crippen molar-refractivity contribution in [1.29, 1.82) is 0 Å². The van der Waals surface area contributed by atoms with Crippen LogP contribution in [0.25, 0.3) is 10.2 Å². The van der Waals surface area contributed by atoms with E-state index in [1.165, 1.54) is 10.4 Å². The Kier molecular flexibility index (Phi) is 6.44. The molecule has 0 radical (unpaired) electrons. The molecular formula is C16H23N5S2. The van der Waals surface area contributed by atoms with Gasteiger partial charge in [0, 0.05) is 16.5 Å². The lowest BCUT2D eigenvalue weighted by atomic mass is 10.2. The predicted molar refractivity (Wildman–Crippen MR) is 100 cm³/mol. The average molecular weight is 350 g/mol. The summed E-state index contributed by atoms with van der Waals surface area (Å²) in [6, 6.07) is 0. The molecule has 5 nitrogen and oxygen atoms in total. The molecule has 0 aliphatic rings. The predicted octanol–water partition coefficient (Wildman–Crippen LogP) is 3.90. The highest BCUT2D eigenvalue weighted by molar-refractivity contribution is 7.19. The summed E-state index contributed by atoms with van der Waals surface area (Å²) in [5, 5.41) is 6.42. The number of fused-ring (bicyclic) bond motifs is 1. The van der Waals surface area contributed by atoms with Gasteiger partial charge in [0.05, 0.1) is 16.8 Å². The molecule has 124 valence electrons. The number of anilines is 1. The molecule has 0 bridgehead atoms. The van der Waals surface area contributed by atoms with Gasteiger partial charge < -0.3 is 11.1 Å². The molecule has 23 heavy (non-hydrogen) atoms. The Bertz CT molecular complexity index is 750. The van der Waals surface area contributed by atoms with Crippen molar-refractivity contribution in [3.05, 3.63) is 32.8 Å². The quantitative estimate of drug-likeness (QED) is 0.730. The monoisotopic (exact) mass is 349 g/mol. The lowest BCUT2D eigenvalue weighted by Crippen LogP contribution is -2.03. The van der Waals surface area contributed by atoms with Crippen molar-refractivity contribution in [3.63, 3.8) is 0 Å². The topological polar surface area (TPSA) is 76.7 Å². The number of hydrogen-bond donors (Lipinski definition) is 2. The highest BCUT2D eigenvalue weighted by atomic mass is 32.1. The number of aromatic nitrogens is 3. The molecule has 0 aliphatic carbocycles. The Morgan fingerprint density at radius 3 is 2.65 bits per heavy atom. The molecule has 0 spiro atoms. The van der Waals surface area contributed by atoms with Crippen LogP contribution in [0.2, 0.25) is 0 Å². The number of thiophene rings is 1. The molecule has 0 aliphatic heterocycles. The number of hydrogen-bond acceptors (Lipinski definition) is 7. The lowest BCUT2D eigenvalue weighted by Gasteiger charge is -2.05. The molecule has 3 heterocycles. The van der Waals surface area contributed by atoms with Crippen LogP contribution in [0.3, 0.4) is 0 Å². The van der Waals surface area contributed by atoms with E-state index in [0.717, 1.165) is 33.3 Å². The third-order valence-electron chi connectivity index (χ3n) is 3.24. The number of nitrogens with two attached hydrogens (primary N) is 1. The fraction of sp³-hybridized carbons (Fsp3) is 0.438. The fourth-order valence-electron chi connectivity index (χ4n) is 2.23. The minimum Gasteiger partial charge on any atom is -0.362 e.